The molecule has 0 bridgehead atoms. The summed E-state index contributed by atoms with van der Waals surface area (Å²) in [5.41, 5.74) is 3.30. The van der Waals surface area contributed by atoms with Crippen LogP contribution in [-0.2, 0) is 13.1 Å². The highest BCUT2D eigenvalue weighted by atomic mass is 15.1. The van der Waals surface area contributed by atoms with Crippen LogP contribution in [0.1, 0.15) is 31.4 Å². The monoisotopic (exact) mass is 232 g/mol. The van der Waals surface area contributed by atoms with E-state index in [0.717, 1.165) is 13.1 Å². The number of rotatable bonds is 4. The largest absolute Gasteiger partial charge is 0.316 e. The van der Waals surface area contributed by atoms with Gasteiger partial charge in [-0.15, -0.1) is 0 Å². The number of nitrogens with one attached hydrogen (secondary N) is 1. The zero-order chi connectivity index (χ0) is 12.3. The molecule has 0 atom stereocenters. The second kappa shape index (κ2) is 5.19. The van der Waals surface area contributed by atoms with Crippen LogP contribution in [0.15, 0.2) is 24.3 Å². The van der Waals surface area contributed by atoms with Gasteiger partial charge in [-0.2, -0.15) is 0 Å². The van der Waals surface area contributed by atoms with Crippen LogP contribution in [0.4, 0.5) is 0 Å². The van der Waals surface area contributed by atoms with Crippen LogP contribution in [0.25, 0.3) is 0 Å². The van der Waals surface area contributed by atoms with Crippen molar-refractivity contribution in [3.8, 4) is 0 Å². The summed E-state index contributed by atoms with van der Waals surface area (Å²) in [4.78, 5) is 2.56. The Labute approximate surface area is 105 Å². The van der Waals surface area contributed by atoms with Crippen molar-refractivity contribution in [3.63, 3.8) is 0 Å². The van der Waals surface area contributed by atoms with Crippen molar-refractivity contribution in [2.75, 3.05) is 20.1 Å². The fraction of sp³-hybridized carbons (Fsp3) is 0.600. The van der Waals surface area contributed by atoms with Gasteiger partial charge in [-0.1, -0.05) is 38.1 Å². The van der Waals surface area contributed by atoms with E-state index < -0.39 is 0 Å². The molecule has 1 heterocycles. The van der Waals surface area contributed by atoms with Crippen molar-refractivity contribution in [2.45, 2.75) is 33.4 Å². The first-order valence-electron chi connectivity index (χ1n) is 6.54. The highest BCUT2D eigenvalue weighted by molar-refractivity contribution is 5.22. The molecule has 0 saturated carbocycles. The van der Waals surface area contributed by atoms with E-state index in [9.17, 15) is 0 Å². The van der Waals surface area contributed by atoms with E-state index in [1.54, 1.807) is 0 Å². The van der Waals surface area contributed by atoms with E-state index in [1.807, 2.05) is 7.05 Å². The fourth-order valence-electron chi connectivity index (χ4n) is 2.58. The summed E-state index contributed by atoms with van der Waals surface area (Å²) >= 11 is 0. The molecule has 1 aliphatic rings. The third kappa shape index (κ3) is 3.55. The molecule has 0 spiro atoms. The Morgan fingerprint density at radius 1 is 1.18 bits per heavy atom. The molecule has 2 heteroatoms. The van der Waals surface area contributed by atoms with Gasteiger partial charge in [0.25, 0.3) is 0 Å². The normalized spacial score (nSPS) is 19.7. The standard InChI is InChI=1S/C15H24N2/c1-15(2)8-9-17(12-15)11-14-6-4-13(5-7-14)10-16-3/h4-7,16H,8-12H2,1-3H3. The first-order valence-corrected chi connectivity index (χ1v) is 6.54. The zero-order valence-electron chi connectivity index (χ0n) is 11.3. The Bertz CT molecular complexity index is 354. The van der Waals surface area contributed by atoms with Gasteiger partial charge in [-0.05, 0) is 36.6 Å². The SMILES string of the molecule is CNCc1ccc(CN2CCC(C)(C)C2)cc1. The maximum absolute atomic E-state index is 3.18. The molecule has 1 aliphatic heterocycles. The van der Waals surface area contributed by atoms with Gasteiger partial charge in [0.1, 0.15) is 0 Å². The average Bonchev–Trinajstić information content (AvgIpc) is 2.61. The molecule has 0 aromatic heterocycles. The molecule has 0 aliphatic carbocycles. The van der Waals surface area contributed by atoms with Crippen LogP contribution >= 0.6 is 0 Å². The molecule has 0 unspecified atom stereocenters. The van der Waals surface area contributed by atoms with Gasteiger partial charge in [0, 0.05) is 19.6 Å². The topological polar surface area (TPSA) is 15.3 Å². The fourth-order valence-corrected chi connectivity index (χ4v) is 2.58. The van der Waals surface area contributed by atoms with Crippen molar-refractivity contribution < 1.29 is 0 Å². The molecule has 1 fully saturated rings. The van der Waals surface area contributed by atoms with Crippen molar-refractivity contribution in [1.82, 2.24) is 10.2 Å². The molecular weight excluding hydrogens is 208 g/mol. The van der Waals surface area contributed by atoms with Crippen molar-refractivity contribution >= 4 is 0 Å². The molecule has 0 radical (unpaired) electrons. The first-order chi connectivity index (χ1) is 8.09. The highest BCUT2D eigenvalue weighted by Crippen LogP contribution is 2.29. The molecule has 94 valence electrons. The van der Waals surface area contributed by atoms with Gasteiger partial charge in [-0.25, -0.2) is 0 Å². The van der Waals surface area contributed by atoms with Crippen LogP contribution in [0.2, 0.25) is 0 Å². The third-order valence-electron chi connectivity index (χ3n) is 3.57. The Morgan fingerprint density at radius 2 is 1.82 bits per heavy atom. The van der Waals surface area contributed by atoms with Crippen LogP contribution in [0.5, 0.6) is 0 Å². The summed E-state index contributed by atoms with van der Waals surface area (Å²) in [5, 5.41) is 3.18. The number of nitrogens with zero attached hydrogens (tertiary/aromatic N) is 1. The zero-order valence-corrected chi connectivity index (χ0v) is 11.3. The number of benzene rings is 1. The third-order valence-corrected chi connectivity index (χ3v) is 3.57. The number of hydrogen-bond acceptors (Lipinski definition) is 2. The molecular formula is C15H24N2. The summed E-state index contributed by atoms with van der Waals surface area (Å²) in [6, 6.07) is 8.98. The Kier molecular flexibility index (Phi) is 3.85. The summed E-state index contributed by atoms with van der Waals surface area (Å²) in [5.74, 6) is 0. The Balaban J connectivity index is 1.91. The average molecular weight is 232 g/mol. The van der Waals surface area contributed by atoms with Crippen molar-refractivity contribution in [3.05, 3.63) is 35.4 Å². The molecule has 2 rings (SSSR count). The minimum atomic E-state index is 0.506. The smallest absolute Gasteiger partial charge is 0.0233 e. The summed E-state index contributed by atoms with van der Waals surface area (Å²) in [7, 11) is 1.99. The predicted molar refractivity (Wildman–Crippen MR) is 72.9 cm³/mol. The van der Waals surface area contributed by atoms with E-state index in [-0.39, 0.29) is 0 Å². The maximum Gasteiger partial charge on any atom is 0.0233 e. The lowest BCUT2D eigenvalue weighted by Gasteiger charge is -2.19. The predicted octanol–water partition coefficient (Wildman–Crippen LogP) is 2.64. The molecule has 1 aromatic rings. The van der Waals surface area contributed by atoms with Gasteiger partial charge in [-0.3, -0.25) is 4.90 Å². The summed E-state index contributed by atoms with van der Waals surface area (Å²) in [6.45, 7) is 9.25. The van der Waals surface area contributed by atoms with Crippen LogP contribution < -0.4 is 5.32 Å². The van der Waals surface area contributed by atoms with Gasteiger partial charge in [0.05, 0.1) is 0 Å². The second-order valence-corrected chi connectivity index (χ2v) is 5.97. The lowest BCUT2D eigenvalue weighted by molar-refractivity contribution is 0.284. The van der Waals surface area contributed by atoms with Gasteiger partial charge < -0.3 is 5.32 Å². The van der Waals surface area contributed by atoms with Crippen molar-refractivity contribution in [2.24, 2.45) is 5.41 Å². The lowest BCUT2D eigenvalue weighted by Crippen LogP contribution is -2.22. The molecule has 1 aromatic carbocycles. The molecule has 0 amide bonds. The number of hydrogen-bond donors (Lipinski definition) is 1. The van der Waals surface area contributed by atoms with Crippen LogP contribution in [0.3, 0.4) is 0 Å². The second-order valence-electron chi connectivity index (χ2n) is 5.97. The lowest BCUT2D eigenvalue weighted by atomic mass is 9.93. The quantitative estimate of drug-likeness (QED) is 0.858. The Morgan fingerprint density at radius 3 is 2.35 bits per heavy atom. The Hall–Kier alpha value is -0.860. The van der Waals surface area contributed by atoms with Crippen LogP contribution in [-0.4, -0.2) is 25.0 Å². The van der Waals surface area contributed by atoms with Gasteiger partial charge in [0.15, 0.2) is 0 Å². The van der Waals surface area contributed by atoms with E-state index in [4.69, 9.17) is 0 Å². The minimum absolute atomic E-state index is 0.506. The van der Waals surface area contributed by atoms with E-state index >= 15 is 0 Å². The van der Waals surface area contributed by atoms with Crippen molar-refractivity contribution in [1.29, 1.82) is 0 Å². The maximum atomic E-state index is 3.18. The van der Waals surface area contributed by atoms with E-state index in [2.05, 4.69) is 48.3 Å². The molecule has 1 N–H and O–H groups in total. The minimum Gasteiger partial charge on any atom is -0.316 e. The summed E-state index contributed by atoms with van der Waals surface area (Å²) in [6.07, 6.45) is 1.32. The number of likely N-dealkylation sites (tertiary alicyclic amines) is 1. The molecule has 1 saturated heterocycles. The van der Waals surface area contributed by atoms with E-state index in [1.165, 1.54) is 30.6 Å². The first kappa shape index (κ1) is 12.6. The van der Waals surface area contributed by atoms with Gasteiger partial charge >= 0.3 is 0 Å². The van der Waals surface area contributed by atoms with E-state index in [0.29, 0.717) is 5.41 Å². The summed E-state index contributed by atoms with van der Waals surface area (Å²) < 4.78 is 0. The van der Waals surface area contributed by atoms with Crippen LogP contribution in [0, 0.1) is 5.41 Å². The van der Waals surface area contributed by atoms with Gasteiger partial charge in [0.2, 0.25) is 0 Å². The molecule has 17 heavy (non-hydrogen) atoms. The highest BCUT2D eigenvalue weighted by Gasteiger charge is 2.28. The molecule has 2 nitrogen and oxygen atoms in total.